The number of para-hydroxylation sites is 1. The van der Waals surface area contributed by atoms with Crippen LogP contribution in [0, 0.1) is 0 Å². The summed E-state index contributed by atoms with van der Waals surface area (Å²) in [4.78, 5) is 0. The second-order valence-electron chi connectivity index (χ2n) is 2.21. The first-order valence-corrected chi connectivity index (χ1v) is 3.55. The third kappa shape index (κ3) is 1.14. The van der Waals surface area contributed by atoms with Crippen LogP contribution >= 0.6 is 11.8 Å². The quantitative estimate of drug-likeness (QED) is 0.548. The molecule has 56 valence electrons. The highest BCUT2D eigenvalue weighted by Gasteiger charge is 1.96. The number of rotatable bonds is 0. The van der Waals surface area contributed by atoms with Crippen LogP contribution in [0.1, 0.15) is 0 Å². The zero-order valence-electron chi connectivity index (χ0n) is 5.66. The molecule has 11 heavy (non-hydrogen) atoms. The van der Waals surface area contributed by atoms with Gasteiger partial charge in [-0.25, -0.2) is 5.53 Å². The molecule has 0 saturated carbocycles. The van der Waals surface area contributed by atoms with Gasteiger partial charge in [-0.15, -0.1) is 0 Å². The molecule has 4 heteroatoms. The Morgan fingerprint density at radius 2 is 2.18 bits per heavy atom. The van der Waals surface area contributed by atoms with Crippen molar-refractivity contribution in [2.45, 2.75) is 0 Å². The Kier molecular flexibility index (Phi) is 1.43. The molecule has 0 saturated heterocycles. The van der Waals surface area contributed by atoms with E-state index in [0.29, 0.717) is 0 Å². The Bertz CT molecular complexity index is 374. The molecule has 2 rings (SSSR count). The van der Waals surface area contributed by atoms with Gasteiger partial charge in [0.2, 0.25) is 0 Å². The minimum Gasteiger partial charge on any atom is -0.203 e. The lowest BCUT2D eigenvalue weighted by atomic mass is 10.3. The molecule has 1 aliphatic rings. The largest absolute Gasteiger partial charge is 0.203 e. The molecule has 0 unspecified atom stereocenters. The number of nitrogens with one attached hydrogen (secondary N) is 1. The van der Waals surface area contributed by atoms with Gasteiger partial charge in [-0.05, 0) is 6.07 Å². The first kappa shape index (κ1) is 6.49. The van der Waals surface area contributed by atoms with Gasteiger partial charge in [-0.3, -0.25) is 0 Å². The van der Waals surface area contributed by atoms with Gasteiger partial charge >= 0.3 is 0 Å². The predicted octanol–water partition coefficient (Wildman–Crippen LogP) is -0.0668. The topological polar surface area (TPSA) is 27.6 Å². The Morgan fingerprint density at radius 1 is 1.36 bits per heavy atom. The fraction of sp³-hybridized carbons (Fsp3) is 0. The van der Waals surface area contributed by atoms with Crippen molar-refractivity contribution in [2.75, 3.05) is 0 Å². The second kappa shape index (κ2) is 2.43. The highest BCUT2D eigenvalue weighted by molar-refractivity contribution is 6.15. The van der Waals surface area contributed by atoms with Gasteiger partial charge in [-0.1, -0.05) is 18.2 Å². The van der Waals surface area contributed by atoms with Crippen molar-refractivity contribution in [3.05, 3.63) is 34.8 Å². The number of hydrogen-bond donors (Lipinski definition) is 1. The maximum absolute atomic E-state index is 5.62. The summed E-state index contributed by atoms with van der Waals surface area (Å²) in [5.41, 5.74) is 2.61. The summed E-state index contributed by atoms with van der Waals surface area (Å²) in [6, 6.07) is 7.75. The average Bonchev–Trinajstić information content (AvgIpc) is 2.04. The van der Waals surface area contributed by atoms with Gasteiger partial charge < -0.3 is 0 Å². The summed E-state index contributed by atoms with van der Waals surface area (Å²) in [5, 5.41) is 5.91. The number of fused-ring (bicyclic) bond motifs is 1. The van der Waals surface area contributed by atoms with E-state index in [1.165, 1.54) is 4.53 Å². The first-order chi connectivity index (χ1) is 5.36. The number of hydrazine groups is 1. The van der Waals surface area contributed by atoms with Crippen molar-refractivity contribution in [1.29, 1.82) is 0 Å². The molecule has 1 aromatic rings. The van der Waals surface area contributed by atoms with E-state index in [4.69, 9.17) is 11.8 Å². The molecule has 0 spiro atoms. The molecule has 0 fully saturated rings. The maximum Gasteiger partial charge on any atom is 0.0938 e. The Labute approximate surface area is 68.7 Å². The van der Waals surface area contributed by atoms with E-state index in [0.717, 1.165) is 10.6 Å². The Morgan fingerprint density at radius 3 is 3.09 bits per heavy atom. The molecule has 3 nitrogen and oxygen atoms in total. The van der Waals surface area contributed by atoms with Gasteiger partial charge in [0.15, 0.2) is 0 Å². The monoisotopic (exact) mass is 167 g/mol. The molecular formula is C7H6ClN3. The SMILES string of the molecule is ClN1C=c2ccccc2=NN1. The molecule has 0 atom stereocenters. The lowest BCUT2D eigenvalue weighted by Crippen LogP contribution is -2.37. The highest BCUT2D eigenvalue weighted by atomic mass is 35.5. The van der Waals surface area contributed by atoms with E-state index >= 15 is 0 Å². The summed E-state index contributed by atoms with van der Waals surface area (Å²) in [7, 11) is 0. The van der Waals surface area contributed by atoms with Crippen LogP contribution in [0.4, 0.5) is 0 Å². The minimum atomic E-state index is 0.907. The van der Waals surface area contributed by atoms with Crippen LogP contribution in [-0.2, 0) is 0 Å². The smallest absolute Gasteiger partial charge is 0.0938 e. The molecule has 0 radical (unpaired) electrons. The van der Waals surface area contributed by atoms with Gasteiger partial charge in [0.25, 0.3) is 0 Å². The number of hydrogen-bond acceptors (Lipinski definition) is 3. The van der Waals surface area contributed by atoms with E-state index in [-0.39, 0.29) is 0 Å². The second-order valence-corrected chi connectivity index (χ2v) is 2.58. The molecule has 0 bridgehead atoms. The van der Waals surface area contributed by atoms with Crippen molar-refractivity contribution >= 4 is 18.0 Å². The zero-order valence-corrected chi connectivity index (χ0v) is 6.42. The van der Waals surface area contributed by atoms with E-state index in [9.17, 15) is 0 Å². The minimum absolute atomic E-state index is 0.907. The lowest BCUT2D eigenvalue weighted by molar-refractivity contribution is 0.467. The van der Waals surface area contributed by atoms with Gasteiger partial charge in [-0.2, -0.15) is 9.63 Å². The van der Waals surface area contributed by atoms with Crippen LogP contribution in [0.25, 0.3) is 6.20 Å². The Hall–Kier alpha value is -1.22. The van der Waals surface area contributed by atoms with Crippen LogP contribution in [0.3, 0.4) is 0 Å². The van der Waals surface area contributed by atoms with Crippen molar-refractivity contribution in [3.63, 3.8) is 0 Å². The van der Waals surface area contributed by atoms with Crippen LogP contribution < -0.4 is 16.1 Å². The molecule has 1 aliphatic heterocycles. The summed E-state index contributed by atoms with van der Waals surface area (Å²) in [6.45, 7) is 0. The van der Waals surface area contributed by atoms with Crippen LogP contribution in [-0.4, -0.2) is 4.53 Å². The third-order valence-electron chi connectivity index (χ3n) is 1.46. The average molecular weight is 168 g/mol. The van der Waals surface area contributed by atoms with Crippen molar-refractivity contribution in [1.82, 2.24) is 10.1 Å². The van der Waals surface area contributed by atoms with E-state index < -0.39 is 0 Å². The van der Waals surface area contributed by atoms with Crippen molar-refractivity contribution in [2.24, 2.45) is 5.10 Å². The summed E-state index contributed by atoms with van der Waals surface area (Å²) in [5.74, 6) is 0. The lowest BCUT2D eigenvalue weighted by Gasteiger charge is -2.11. The summed E-state index contributed by atoms with van der Waals surface area (Å²) in [6.07, 6.45) is 1.77. The molecule has 1 N–H and O–H groups in total. The molecule has 0 aromatic heterocycles. The molecule has 0 aliphatic carbocycles. The van der Waals surface area contributed by atoms with Gasteiger partial charge in [0.1, 0.15) is 0 Å². The van der Waals surface area contributed by atoms with E-state index in [1.54, 1.807) is 6.20 Å². The predicted molar refractivity (Wildman–Crippen MR) is 42.5 cm³/mol. The fourth-order valence-corrected chi connectivity index (χ4v) is 1.09. The van der Waals surface area contributed by atoms with Crippen LogP contribution in [0.2, 0.25) is 0 Å². The first-order valence-electron chi connectivity index (χ1n) is 3.21. The Balaban J connectivity index is 2.73. The summed E-state index contributed by atoms with van der Waals surface area (Å²) >= 11 is 5.62. The molecule has 1 heterocycles. The molecular weight excluding hydrogens is 162 g/mol. The van der Waals surface area contributed by atoms with E-state index in [2.05, 4.69) is 10.6 Å². The number of benzene rings is 1. The van der Waals surface area contributed by atoms with Crippen molar-refractivity contribution in [3.8, 4) is 0 Å². The number of nitrogens with zero attached hydrogens (tertiary/aromatic N) is 2. The molecule has 0 amide bonds. The van der Waals surface area contributed by atoms with E-state index in [1.807, 2.05) is 24.3 Å². The zero-order chi connectivity index (χ0) is 7.68. The standard InChI is InChI=1S/C7H6ClN3/c8-11-5-6-3-1-2-4-7(6)9-10-11/h1-5,10H. The normalized spacial score (nSPS) is 14.1. The summed E-state index contributed by atoms with van der Waals surface area (Å²) < 4.78 is 1.29. The number of halogens is 1. The molecule has 1 aromatic carbocycles. The fourth-order valence-electron chi connectivity index (χ4n) is 0.951. The maximum atomic E-state index is 5.62. The third-order valence-corrected chi connectivity index (χ3v) is 1.63. The van der Waals surface area contributed by atoms with Crippen LogP contribution in [0.15, 0.2) is 29.4 Å². The van der Waals surface area contributed by atoms with Gasteiger partial charge in [0, 0.05) is 17.0 Å². The van der Waals surface area contributed by atoms with Crippen LogP contribution in [0.5, 0.6) is 0 Å². The van der Waals surface area contributed by atoms with Gasteiger partial charge in [0.05, 0.1) is 11.6 Å². The van der Waals surface area contributed by atoms with Crippen molar-refractivity contribution < 1.29 is 0 Å². The highest BCUT2D eigenvalue weighted by Crippen LogP contribution is 1.89.